The molecule has 0 saturated carbocycles. The van der Waals surface area contributed by atoms with Gasteiger partial charge in [0.05, 0.1) is 17.8 Å². The van der Waals surface area contributed by atoms with E-state index >= 15 is 0 Å². The Balaban J connectivity index is 2.17. The van der Waals surface area contributed by atoms with Crippen molar-refractivity contribution in [2.75, 3.05) is 5.32 Å². The van der Waals surface area contributed by atoms with E-state index in [1.165, 1.54) is 12.1 Å². The number of alkyl halides is 6. The van der Waals surface area contributed by atoms with Crippen LogP contribution >= 0.6 is 0 Å². The fourth-order valence-electron chi connectivity index (χ4n) is 2.01. The summed E-state index contributed by atoms with van der Waals surface area (Å²) in [5, 5.41) is 6.13. The number of halogens is 6. The number of nitrogens with zero attached hydrogens (tertiary/aromatic N) is 2. The molecule has 2 rings (SSSR count). The van der Waals surface area contributed by atoms with Crippen molar-refractivity contribution in [1.82, 2.24) is 9.78 Å². The molecule has 0 amide bonds. The van der Waals surface area contributed by atoms with Crippen molar-refractivity contribution < 1.29 is 26.3 Å². The van der Waals surface area contributed by atoms with Gasteiger partial charge < -0.3 is 5.32 Å². The van der Waals surface area contributed by atoms with Gasteiger partial charge in [-0.1, -0.05) is 6.07 Å². The van der Waals surface area contributed by atoms with Gasteiger partial charge in [-0.25, -0.2) is 0 Å². The first-order valence-electron chi connectivity index (χ1n) is 6.66. The summed E-state index contributed by atoms with van der Waals surface area (Å²) in [6.07, 6.45) is -9.04. The van der Waals surface area contributed by atoms with Crippen LogP contribution in [0.5, 0.6) is 0 Å². The number of rotatable bonds is 4. The Morgan fingerprint density at radius 2 is 1.74 bits per heavy atom. The number of benzene rings is 1. The summed E-state index contributed by atoms with van der Waals surface area (Å²) >= 11 is 0. The van der Waals surface area contributed by atoms with Gasteiger partial charge in [-0.2, -0.15) is 31.4 Å². The average Bonchev–Trinajstić information content (AvgIpc) is 2.88. The molecule has 9 heteroatoms. The summed E-state index contributed by atoms with van der Waals surface area (Å²) in [4.78, 5) is 0. The monoisotopic (exact) mass is 337 g/mol. The van der Waals surface area contributed by atoms with Crippen molar-refractivity contribution in [3.8, 4) is 0 Å². The van der Waals surface area contributed by atoms with E-state index in [9.17, 15) is 26.3 Å². The van der Waals surface area contributed by atoms with Gasteiger partial charge in [0, 0.05) is 12.2 Å². The predicted molar refractivity (Wildman–Crippen MR) is 71.7 cm³/mol. The molecule has 0 fully saturated rings. The standard InChI is InChI=1S/C14H13F6N3/c1-2-23-11(7-12(22-23)14(18,19)20)8-21-10-5-3-4-9(6-10)13(15,16)17/h3-7,21H,2,8H2,1H3. The van der Waals surface area contributed by atoms with Crippen molar-refractivity contribution in [3.05, 3.63) is 47.3 Å². The van der Waals surface area contributed by atoms with Crippen LogP contribution in [0.1, 0.15) is 23.9 Å². The van der Waals surface area contributed by atoms with Gasteiger partial charge in [0.2, 0.25) is 0 Å². The Morgan fingerprint density at radius 3 is 2.30 bits per heavy atom. The Morgan fingerprint density at radius 1 is 1.04 bits per heavy atom. The van der Waals surface area contributed by atoms with Crippen LogP contribution in [0.4, 0.5) is 32.0 Å². The second kappa shape index (κ2) is 6.13. The number of aromatic nitrogens is 2. The van der Waals surface area contributed by atoms with Gasteiger partial charge in [-0.3, -0.25) is 4.68 Å². The average molecular weight is 337 g/mol. The molecule has 0 saturated heterocycles. The minimum atomic E-state index is -4.56. The summed E-state index contributed by atoms with van der Waals surface area (Å²) in [6.45, 7) is 1.77. The molecular weight excluding hydrogens is 324 g/mol. The lowest BCUT2D eigenvalue weighted by Gasteiger charge is -2.11. The normalized spacial score (nSPS) is 12.5. The van der Waals surface area contributed by atoms with Crippen molar-refractivity contribution >= 4 is 5.69 Å². The Kier molecular flexibility index (Phi) is 4.58. The van der Waals surface area contributed by atoms with Gasteiger partial charge in [-0.15, -0.1) is 0 Å². The minimum Gasteiger partial charge on any atom is -0.379 e. The topological polar surface area (TPSA) is 29.9 Å². The Bertz CT molecular complexity index is 672. The van der Waals surface area contributed by atoms with Crippen LogP contribution in [-0.4, -0.2) is 9.78 Å². The summed E-state index contributed by atoms with van der Waals surface area (Å²) in [5.74, 6) is 0. The smallest absolute Gasteiger partial charge is 0.379 e. The second-order valence-corrected chi connectivity index (χ2v) is 4.77. The highest BCUT2D eigenvalue weighted by Gasteiger charge is 2.34. The molecule has 0 aliphatic heterocycles. The van der Waals surface area contributed by atoms with Crippen LogP contribution in [0.2, 0.25) is 0 Å². The van der Waals surface area contributed by atoms with Crippen molar-refractivity contribution in [2.24, 2.45) is 0 Å². The first kappa shape index (κ1) is 17.2. The van der Waals surface area contributed by atoms with Crippen LogP contribution in [-0.2, 0) is 25.4 Å². The highest BCUT2D eigenvalue weighted by Crippen LogP contribution is 2.31. The maximum absolute atomic E-state index is 12.6. The SMILES string of the molecule is CCn1nc(C(F)(F)F)cc1CNc1cccc(C(F)(F)F)c1. The summed E-state index contributed by atoms with van der Waals surface area (Å²) in [5.41, 5.74) is -1.46. The molecule has 1 aromatic carbocycles. The molecule has 0 spiro atoms. The quantitative estimate of drug-likeness (QED) is 0.830. The molecule has 0 atom stereocenters. The fourth-order valence-corrected chi connectivity index (χ4v) is 2.01. The number of hydrogen-bond donors (Lipinski definition) is 1. The first-order chi connectivity index (χ1) is 10.6. The summed E-state index contributed by atoms with van der Waals surface area (Å²) in [6, 6.07) is 5.33. The highest BCUT2D eigenvalue weighted by atomic mass is 19.4. The lowest BCUT2D eigenvalue weighted by molar-refractivity contribution is -0.141. The second-order valence-electron chi connectivity index (χ2n) is 4.77. The molecule has 1 heterocycles. The van der Waals surface area contributed by atoms with Crippen LogP contribution in [0.3, 0.4) is 0 Å². The van der Waals surface area contributed by atoms with Crippen LogP contribution < -0.4 is 5.32 Å². The van der Waals surface area contributed by atoms with E-state index in [-0.39, 0.29) is 24.5 Å². The Labute approximate surface area is 127 Å². The van der Waals surface area contributed by atoms with Crippen LogP contribution in [0.25, 0.3) is 0 Å². The third-order valence-corrected chi connectivity index (χ3v) is 3.12. The number of anilines is 1. The van der Waals surface area contributed by atoms with Gasteiger partial charge in [0.15, 0.2) is 5.69 Å². The van der Waals surface area contributed by atoms with E-state index in [2.05, 4.69) is 10.4 Å². The Hall–Kier alpha value is -2.19. The predicted octanol–water partition coefficient (Wildman–Crippen LogP) is 4.55. The van der Waals surface area contributed by atoms with E-state index in [1.54, 1.807) is 6.92 Å². The zero-order valence-corrected chi connectivity index (χ0v) is 12.0. The minimum absolute atomic E-state index is 0.0712. The molecule has 23 heavy (non-hydrogen) atoms. The molecule has 0 unspecified atom stereocenters. The summed E-state index contributed by atoms with van der Waals surface area (Å²) < 4.78 is 76.9. The molecule has 0 radical (unpaired) electrons. The number of nitrogens with one attached hydrogen (secondary N) is 1. The lowest BCUT2D eigenvalue weighted by atomic mass is 10.2. The molecule has 0 aliphatic rings. The fraction of sp³-hybridized carbons (Fsp3) is 0.357. The maximum atomic E-state index is 12.6. The largest absolute Gasteiger partial charge is 0.435 e. The van der Waals surface area contributed by atoms with Crippen molar-refractivity contribution in [1.29, 1.82) is 0 Å². The molecule has 3 nitrogen and oxygen atoms in total. The lowest BCUT2D eigenvalue weighted by Crippen LogP contribution is -2.10. The van der Waals surface area contributed by atoms with E-state index in [4.69, 9.17) is 0 Å². The number of hydrogen-bond acceptors (Lipinski definition) is 2. The van der Waals surface area contributed by atoms with Gasteiger partial charge in [-0.05, 0) is 31.2 Å². The molecular formula is C14H13F6N3. The first-order valence-corrected chi connectivity index (χ1v) is 6.66. The molecule has 0 aliphatic carbocycles. The number of aryl methyl sites for hydroxylation is 1. The van der Waals surface area contributed by atoms with E-state index < -0.39 is 23.6 Å². The molecule has 1 N–H and O–H groups in total. The van der Waals surface area contributed by atoms with Crippen molar-refractivity contribution in [2.45, 2.75) is 32.4 Å². The van der Waals surface area contributed by atoms with Gasteiger partial charge in [0.25, 0.3) is 0 Å². The highest BCUT2D eigenvalue weighted by molar-refractivity contribution is 5.46. The summed E-state index contributed by atoms with van der Waals surface area (Å²) in [7, 11) is 0. The van der Waals surface area contributed by atoms with E-state index in [1.807, 2.05) is 0 Å². The van der Waals surface area contributed by atoms with Crippen LogP contribution in [0, 0.1) is 0 Å². The van der Waals surface area contributed by atoms with Crippen molar-refractivity contribution in [3.63, 3.8) is 0 Å². The molecule has 2 aromatic rings. The van der Waals surface area contributed by atoms with Gasteiger partial charge in [0.1, 0.15) is 0 Å². The van der Waals surface area contributed by atoms with Gasteiger partial charge >= 0.3 is 12.4 Å². The third-order valence-electron chi connectivity index (χ3n) is 3.12. The zero-order valence-electron chi connectivity index (χ0n) is 12.0. The van der Waals surface area contributed by atoms with Crippen LogP contribution in [0.15, 0.2) is 30.3 Å². The van der Waals surface area contributed by atoms with E-state index in [0.717, 1.165) is 22.9 Å². The molecule has 126 valence electrons. The maximum Gasteiger partial charge on any atom is 0.435 e. The molecule has 1 aromatic heterocycles. The third kappa shape index (κ3) is 4.17. The zero-order chi connectivity index (χ0) is 17.3. The van der Waals surface area contributed by atoms with E-state index in [0.29, 0.717) is 0 Å². The molecule has 0 bridgehead atoms.